The van der Waals surface area contributed by atoms with Crippen molar-refractivity contribution in [3.63, 3.8) is 0 Å². The number of thiazole rings is 1. The van der Waals surface area contributed by atoms with E-state index in [9.17, 15) is 0 Å². The molecule has 3 heteroatoms. The second-order valence-electron chi connectivity index (χ2n) is 4.73. The Hall–Kier alpha value is -1.35. The van der Waals surface area contributed by atoms with Crippen LogP contribution in [0.4, 0.5) is 0 Å². The number of methoxy groups -OCH3 is 1. The normalized spacial score (nSPS) is 10.8. The van der Waals surface area contributed by atoms with Gasteiger partial charge in [0.2, 0.25) is 0 Å². The molecule has 2 nitrogen and oxygen atoms in total. The molecule has 0 aliphatic rings. The first kappa shape index (κ1) is 13.1. The maximum absolute atomic E-state index is 5.34. The van der Waals surface area contributed by atoms with Gasteiger partial charge in [-0.25, -0.2) is 4.98 Å². The Labute approximate surface area is 113 Å². The SMILES string of the molecule is COc1sc(-c2c(C)c(C)cc(C)c2C)nc1C. The summed E-state index contributed by atoms with van der Waals surface area (Å²) < 4.78 is 5.34. The first-order chi connectivity index (χ1) is 8.45. The second-order valence-corrected chi connectivity index (χ2v) is 5.69. The quantitative estimate of drug-likeness (QED) is 0.801. The molecule has 0 bridgehead atoms. The fourth-order valence-corrected chi connectivity index (χ4v) is 3.26. The second kappa shape index (κ2) is 4.73. The van der Waals surface area contributed by atoms with Crippen molar-refractivity contribution in [1.82, 2.24) is 4.98 Å². The Morgan fingerprint density at radius 1 is 1.00 bits per heavy atom. The van der Waals surface area contributed by atoms with Crippen LogP contribution < -0.4 is 4.74 Å². The average molecular weight is 261 g/mol. The standard InChI is InChI=1S/C15H19NOS/c1-8-7-9(2)11(4)13(10(8)3)14-16-12(5)15(17-6)18-14/h7H,1-6H3. The number of ether oxygens (including phenoxy) is 1. The number of hydrogen-bond donors (Lipinski definition) is 0. The van der Waals surface area contributed by atoms with E-state index in [-0.39, 0.29) is 0 Å². The van der Waals surface area contributed by atoms with E-state index >= 15 is 0 Å². The Bertz CT molecular complexity index is 573. The van der Waals surface area contributed by atoms with E-state index in [1.807, 2.05) is 6.92 Å². The summed E-state index contributed by atoms with van der Waals surface area (Å²) in [5, 5.41) is 1.97. The molecule has 0 fully saturated rings. The van der Waals surface area contributed by atoms with Gasteiger partial charge in [-0.2, -0.15) is 0 Å². The molecule has 0 radical (unpaired) electrons. The smallest absolute Gasteiger partial charge is 0.197 e. The average Bonchev–Trinajstić information content (AvgIpc) is 2.68. The summed E-state index contributed by atoms with van der Waals surface area (Å²) in [6, 6.07) is 2.24. The fraction of sp³-hybridized carbons (Fsp3) is 0.400. The van der Waals surface area contributed by atoms with Crippen molar-refractivity contribution in [2.75, 3.05) is 7.11 Å². The van der Waals surface area contributed by atoms with Gasteiger partial charge in [0.15, 0.2) is 5.06 Å². The van der Waals surface area contributed by atoms with E-state index < -0.39 is 0 Å². The Kier molecular flexibility index (Phi) is 3.44. The van der Waals surface area contributed by atoms with Crippen LogP contribution in [0.3, 0.4) is 0 Å². The molecule has 0 atom stereocenters. The van der Waals surface area contributed by atoms with Crippen molar-refractivity contribution in [2.24, 2.45) is 0 Å². The maximum atomic E-state index is 5.34. The van der Waals surface area contributed by atoms with Gasteiger partial charge in [0, 0.05) is 5.56 Å². The van der Waals surface area contributed by atoms with Gasteiger partial charge in [-0.15, -0.1) is 0 Å². The number of aryl methyl sites for hydroxylation is 3. The predicted octanol–water partition coefficient (Wildman–Crippen LogP) is 4.36. The fourth-order valence-electron chi connectivity index (χ4n) is 2.22. The van der Waals surface area contributed by atoms with E-state index in [1.54, 1.807) is 18.4 Å². The lowest BCUT2D eigenvalue weighted by atomic mass is 9.95. The highest BCUT2D eigenvalue weighted by Crippen LogP contribution is 2.38. The summed E-state index contributed by atoms with van der Waals surface area (Å²) in [7, 11) is 1.70. The summed E-state index contributed by atoms with van der Waals surface area (Å²) in [6.07, 6.45) is 0. The molecule has 0 saturated carbocycles. The molecule has 0 aliphatic carbocycles. The zero-order chi connectivity index (χ0) is 13.4. The van der Waals surface area contributed by atoms with E-state index in [0.717, 1.165) is 15.8 Å². The summed E-state index contributed by atoms with van der Waals surface area (Å²) in [6.45, 7) is 10.6. The predicted molar refractivity (Wildman–Crippen MR) is 77.8 cm³/mol. The van der Waals surface area contributed by atoms with Crippen molar-refractivity contribution in [3.05, 3.63) is 34.0 Å². The largest absolute Gasteiger partial charge is 0.486 e. The maximum Gasteiger partial charge on any atom is 0.197 e. The van der Waals surface area contributed by atoms with Crippen molar-refractivity contribution in [1.29, 1.82) is 0 Å². The zero-order valence-corrected chi connectivity index (χ0v) is 12.7. The van der Waals surface area contributed by atoms with Crippen LogP contribution in [0.5, 0.6) is 5.06 Å². The van der Waals surface area contributed by atoms with Crippen molar-refractivity contribution in [2.45, 2.75) is 34.6 Å². The van der Waals surface area contributed by atoms with Crippen LogP contribution in [-0.4, -0.2) is 12.1 Å². The molecule has 1 aromatic carbocycles. The summed E-state index contributed by atoms with van der Waals surface area (Å²) in [5.41, 5.74) is 7.50. The van der Waals surface area contributed by atoms with Gasteiger partial charge in [0.05, 0.1) is 12.8 Å². The molecule has 1 aromatic heterocycles. The summed E-state index contributed by atoms with van der Waals surface area (Å²) >= 11 is 1.62. The first-order valence-corrected chi connectivity index (χ1v) is 6.86. The summed E-state index contributed by atoms with van der Waals surface area (Å²) in [5.74, 6) is 0. The monoisotopic (exact) mass is 261 g/mol. The van der Waals surface area contributed by atoms with Crippen LogP contribution in [0.2, 0.25) is 0 Å². The van der Waals surface area contributed by atoms with Crippen LogP contribution in [0.1, 0.15) is 27.9 Å². The van der Waals surface area contributed by atoms with Crippen LogP contribution in [0.15, 0.2) is 6.07 Å². The molecule has 2 rings (SSSR count). The van der Waals surface area contributed by atoms with Gasteiger partial charge in [0.25, 0.3) is 0 Å². The van der Waals surface area contributed by atoms with Crippen molar-refractivity contribution >= 4 is 11.3 Å². The number of hydrogen-bond acceptors (Lipinski definition) is 3. The molecule has 0 unspecified atom stereocenters. The highest BCUT2D eigenvalue weighted by molar-refractivity contribution is 7.17. The first-order valence-electron chi connectivity index (χ1n) is 6.05. The van der Waals surface area contributed by atoms with Gasteiger partial charge in [-0.05, 0) is 56.9 Å². The molecule has 18 heavy (non-hydrogen) atoms. The molecule has 0 aliphatic heterocycles. The van der Waals surface area contributed by atoms with E-state index in [1.165, 1.54) is 27.8 Å². The van der Waals surface area contributed by atoms with Gasteiger partial charge in [0.1, 0.15) is 5.01 Å². The molecule has 1 heterocycles. The van der Waals surface area contributed by atoms with Crippen molar-refractivity contribution < 1.29 is 4.74 Å². The number of aromatic nitrogens is 1. The lowest BCUT2D eigenvalue weighted by Crippen LogP contribution is -1.94. The molecule has 0 amide bonds. The summed E-state index contributed by atoms with van der Waals surface area (Å²) in [4.78, 5) is 4.65. The third-order valence-corrected chi connectivity index (χ3v) is 4.66. The lowest BCUT2D eigenvalue weighted by Gasteiger charge is -2.13. The minimum Gasteiger partial charge on any atom is -0.486 e. The Balaban J connectivity index is 2.70. The third kappa shape index (κ3) is 2.03. The minimum atomic E-state index is 0.906. The molecule has 96 valence electrons. The van der Waals surface area contributed by atoms with Gasteiger partial charge < -0.3 is 4.74 Å². The van der Waals surface area contributed by atoms with Gasteiger partial charge >= 0.3 is 0 Å². The number of benzene rings is 1. The zero-order valence-electron chi connectivity index (χ0n) is 11.8. The Morgan fingerprint density at radius 3 is 2.00 bits per heavy atom. The van der Waals surface area contributed by atoms with Crippen LogP contribution in [0.25, 0.3) is 10.6 Å². The van der Waals surface area contributed by atoms with E-state index in [4.69, 9.17) is 4.74 Å². The van der Waals surface area contributed by atoms with Crippen LogP contribution in [0, 0.1) is 34.6 Å². The number of nitrogens with zero attached hydrogens (tertiary/aromatic N) is 1. The highest BCUT2D eigenvalue weighted by Gasteiger charge is 2.16. The molecular weight excluding hydrogens is 242 g/mol. The Morgan fingerprint density at radius 2 is 1.56 bits per heavy atom. The van der Waals surface area contributed by atoms with E-state index in [2.05, 4.69) is 38.7 Å². The third-order valence-electron chi connectivity index (χ3n) is 3.52. The van der Waals surface area contributed by atoms with Gasteiger partial charge in [-0.1, -0.05) is 17.4 Å². The van der Waals surface area contributed by atoms with Crippen molar-refractivity contribution in [3.8, 4) is 15.6 Å². The van der Waals surface area contributed by atoms with Crippen LogP contribution >= 0.6 is 11.3 Å². The highest BCUT2D eigenvalue weighted by atomic mass is 32.1. The lowest BCUT2D eigenvalue weighted by molar-refractivity contribution is 0.423. The number of rotatable bonds is 2. The molecular formula is C15H19NOS. The minimum absolute atomic E-state index is 0.906. The molecule has 0 spiro atoms. The molecule has 0 N–H and O–H groups in total. The van der Waals surface area contributed by atoms with Gasteiger partial charge in [-0.3, -0.25) is 0 Å². The van der Waals surface area contributed by atoms with E-state index in [0.29, 0.717) is 0 Å². The topological polar surface area (TPSA) is 22.1 Å². The molecule has 2 aromatic rings. The van der Waals surface area contributed by atoms with Crippen LogP contribution in [-0.2, 0) is 0 Å². The molecule has 0 saturated heterocycles.